The first-order chi connectivity index (χ1) is 9.33. The highest BCUT2D eigenvalue weighted by molar-refractivity contribution is 5.53. The molecule has 3 rings (SSSR count). The van der Waals surface area contributed by atoms with Crippen LogP contribution in [-0.2, 0) is 0 Å². The number of anilines is 1. The molecule has 0 spiro atoms. The number of hydrogen-bond acceptors (Lipinski definition) is 5. The number of tetrazole rings is 1. The van der Waals surface area contributed by atoms with E-state index >= 15 is 0 Å². The minimum Gasteiger partial charge on any atom is -0.383 e. The van der Waals surface area contributed by atoms with Gasteiger partial charge in [-0.25, -0.2) is 4.68 Å². The van der Waals surface area contributed by atoms with Gasteiger partial charge in [-0.3, -0.25) is 0 Å². The summed E-state index contributed by atoms with van der Waals surface area (Å²) in [6.07, 6.45) is 4.15. The maximum Gasteiger partial charge on any atom is 0.143 e. The zero-order valence-electron chi connectivity index (χ0n) is 11.0. The van der Waals surface area contributed by atoms with Crippen molar-refractivity contribution in [1.29, 1.82) is 0 Å². The van der Waals surface area contributed by atoms with Gasteiger partial charge in [0.05, 0.1) is 5.69 Å². The Morgan fingerprint density at radius 2 is 2.42 bits per heavy atom. The molecule has 1 saturated heterocycles. The normalized spacial score (nSPS) is 18.7. The molecule has 0 radical (unpaired) electrons. The summed E-state index contributed by atoms with van der Waals surface area (Å²) < 4.78 is 1.68. The highest BCUT2D eigenvalue weighted by Crippen LogP contribution is 2.18. The fraction of sp³-hybridized carbons (Fsp3) is 0.462. The van der Waals surface area contributed by atoms with Gasteiger partial charge in [-0.15, -0.1) is 5.10 Å². The van der Waals surface area contributed by atoms with Gasteiger partial charge in [0.15, 0.2) is 0 Å². The minimum absolute atomic E-state index is 0.597. The second kappa shape index (κ2) is 5.36. The van der Waals surface area contributed by atoms with Crippen LogP contribution in [0.2, 0.25) is 0 Å². The van der Waals surface area contributed by atoms with E-state index in [1.807, 2.05) is 6.07 Å². The van der Waals surface area contributed by atoms with Gasteiger partial charge in [0.1, 0.15) is 6.33 Å². The van der Waals surface area contributed by atoms with E-state index in [0.717, 1.165) is 30.0 Å². The van der Waals surface area contributed by atoms with Crippen LogP contribution in [0.4, 0.5) is 5.69 Å². The van der Waals surface area contributed by atoms with Crippen molar-refractivity contribution in [1.82, 2.24) is 25.5 Å². The van der Waals surface area contributed by atoms with Gasteiger partial charge < -0.3 is 10.6 Å². The smallest absolute Gasteiger partial charge is 0.143 e. The van der Waals surface area contributed by atoms with Crippen LogP contribution in [0.3, 0.4) is 0 Å². The van der Waals surface area contributed by atoms with Crippen LogP contribution in [-0.4, -0.2) is 39.3 Å². The fourth-order valence-corrected chi connectivity index (χ4v) is 2.47. The van der Waals surface area contributed by atoms with Crippen LogP contribution < -0.4 is 10.6 Å². The molecule has 19 heavy (non-hydrogen) atoms. The predicted molar refractivity (Wildman–Crippen MR) is 73.4 cm³/mol. The Morgan fingerprint density at radius 1 is 1.47 bits per heavy atom. The van der Waals surface area contributed by atoms with Crippen LogP contribution in [0, 0.1) is 6.92 Å². The molecule has 0 aliphatic carbocycles. The highest BCUT2D eigenvalue weighted by Gasteiger charge is 2.13. The Bertz CT molecular complexity index is 530. The Kier molecular flexibility index (Phi) is 3.41. The number of benzene rings is 1. The summed E-state index contributed by atoms with van der Waals surface area (Å²) in [5.74, 6) is 0. The zero-order valence-corrected chi connectivity index (χ0v) is 11.0. The molecule has 0 saturated carbocycles. The Morgan fingerprint density at radius 3 is 3.11 bits per heavy atom. The van der Waals surface area contributed by atoms with Crippen LogP contribution in [0.5, 0.6) is 0 Å². The number of rotatable bonds is 4. The first-order valence-electron chi connectivity index (χ1n) is 6.64. The molecule has 1 unspecified atom stereocenters. The number of hydrogen-bond donors (Lipinski definition) is 2. The lowest BCUT2D eigenvalue weighted by molar-refractivity contribution is 0.633. The van der Waals surface area contributed by atoms with Crippen molar-refractivity contribution in [2.75, 3.05) is 18.4 Å². The van der Waals surface area contributed by atoms with Gasteiger partial charge in [0, 0.05) is 18.3 Å². The topological polar surface area (TPSA) is 67.7 Å². The molecule has 0 bridgehead atoms. The highest BCUT2D eigenvalue weighted by atomic mass is 15.5. The van der Waals surface area contributed by atoms with Crippen LogP contribution in [0.15, 0.2) is 24.5 Å². The van der Waals surface area contributed by atoms with Crippen molar-refractivity contribution >= 4 is 5.69 Å². The van der Waals surface area contributed by atoms with Crippen molar-refractivity contribution in [3.05, 3.63) is 30.1 Å². The van der Waals surface area contributed by atoms with Gasteiger partial charge >= 0.3 is 0 Å². The lowest BCUT2D eigenvalue weighted by atomic mass is 10.1. The fourth-order valence-electron chi connectivity index (χ4n) is 2.47. The molecule has 1 aliphatic heterocycles. The number of aryl methyl sites for hydroxylation is 1. The summed E-state index contributed by atoms with van der Waals surface area (Å²) >= 11 is 0. The Hall–Kier alpha value is -1.95. The zero-order chi connectivity index (χ0) is 13.1. The maximum absolute atomic E-state index is 3.91. The first kappa shape index (κ1) is 12.1. The lowest BCUT2D eigenvalue weighted by Gasteiger charge is -2.14. The van der Waals surface area contributed by atoms with E-state index in [-0.39, 0.29) is 0 Å². The summed E-state index contributed by atoms with van der Waals surface area (Å²) in [6.45, 7) is 4.18. The molecule has 1 aromatic heterocycles. The van der Waals surface area contributed by atoms with Crippen molar-refractivity contribution in [2.45, 2.75) is 25.8 Å². The Labute approximate surface area is 112 Å². The first-order valence-corrected chi connectivity index (χ1v) is 6.64. The second-order valence-corrected chi connectivity index (χ2v) is 4.93. The van der Waals surface area contributed by atoms with Crippen molar-refractivity contribution in [3.8, 4) is 5.69 Å². The third kappa shape index (κ3) is 2.73. The van der Waals surface area contributed by atoms with E-state index < -0.39 is 0 Å². The van der Waals surface area contributed by atoms with Crippen molar-refractivity contribution in [3.63, 3.8) is 0 Å². The van der Waals surface area contributed by atoms with E-state index in [1.165, 1.54) is 12.8 Å². The molecular weight excluding hydrogens is 240 g/mol. The third-order valence-electron chi connectivity index (χ3n) is 3.51. The Balaban J connectivity index is 1.68. The van der Waals surface area contributed by atoms with E-state index in [0.29, 0.717) is 6.04 Å². The summed E-state index contributed by atoms with van der Waals surface area (Å²) in [5.41, 5.74) is 3.30. The molecule has 6 heteroatoms. The van der Waals surface area contributed by atoms with Gasteiger partial charge in [-0.05, 0) is 60.5 Å². The maximum atomic E-state index is 3.91. The standard InChI is InChI=1S/C13H18N6/c1-10-7-11(15-8-12-3-2-6-14-12)4-5-13(10)19-9-16-17-18-19/h4-5,7,9,12,14-15H,2-3,6,8H2,1H3. The molecule has 1 atom stereocenters. The third-order valence-corrected chi connectivity index (χ3v) is 3.51. The minimum atomic E-state index is 0.597. The van der Waals surface area contributed by atoms with E-state index in [4.69, 9.17) is 0 Å². The summed E-state index contributed by atoms with van der Waals surface area (Å²) in [4.78, 5) is 0. The van der Waals surface area contributed by atoms with Crippen molar-refractivity contribution < 1.29 is 0 Å². The van der Waals surface area contributed by atoms with E-state index in [9.17, 15) is 0 Å². The second-order valence-electron chi connectivity index (χ2n) is 4.93. The molecule has 0 amide bonds. The lowest BCUT2D eigenvalue weighted by Crippen LogP contribution is -2.29. The number of nitrogens with one attached hydrogen (secondary N) is 2. The molecule has 2 aromatic rings. The molecule has 1 aliphatic rings. The van der Waals surface area contributed by atoms with Crippen LogP contribution >= 0.6 is 0 Å². The molecule has 6 nitrogen and oxygen atoms in total. The van der Waals surface area contributed by atoms with Crippen LogP contribution in [0.1, 0.15) is 18.4 Å². The summed E-state index contributed by atoms with van der Waals surface area (Å²) in [6, 6.07) is 6.83. The van der Waals surface area contributed by atoms with Crippen LogP contribution in [0.25, 0.3) is 5.69 Å². The SMILES string of the molecule is Cc1cc(NCC2CCCN2)ccc1-n1cnnn1. The number of nitrogens with zero attached hydrogens (tertiary/aromatic N) is 4. The van der Waals surface area contributed by atoms with Gasteiger partial charge in [0.2, 0.25) is 0 Å². The summed E-state index contributed by atoms with van der Waals surface area (Å²) in [7, 11) is 0. The average Bonchev–Trinajstić information content (AvgIpc) is 3.10. The van der Waals surface area contributed by atoms with E-state index in [2.05, 4.69) is 45.2 Å². The molecule has 2 N–H and O–H groups in total. The molecular formula is C13H18N6. The van der Waals surface area contributed by atoms with Crippen molar-refractivity contribution in [2.24, 2.45) is 0 Å². The van der Waals surface area contributed by atoms with Gasteiger partial charge in [-0.1, -0.05) is 0 Å². The molecule has 100 valence electrons. The quantitative estimate of drug-likeness (QED) is 0.860. The van der Waals surface area contributed by atoms with Gasteiger partial charge in [-0.2, -0.15) is 0 Å². The van der Waals surface area contributed by atoms with E-state index in [1.54, 1.807) is 11.0 Å². The predicted octanol–water partition coefficient (Wildman–Crippen LogP) is 1.13. The largest absolute Gasteiger partial charge is 0.383 e. The summed E-state index contributed by atoms with van der Waals surface area (Å²) in [5, 5.41) is 18.2. The monoisotopic (exact) mass is 258 g/mol. The molecule has 1 fully saturated rings. The average molecular weight is 258 g/mol. The van der Waals surface area contributed by atoms with Gasteiger partial charge in [0.25, 0.3) is 0 Å². The molecule has 1 aromatic carbocycles. The number of aromatic nitrogens is 4. The molecule has 2 heterocycles.